The average Bonchev–Trinajstić information content (AvgIpc) is 1.91. The van der Waals surface area contributed by atoms with Gasteiger partial charge in [-0.2, -0.15) is 0 Å². The van der Waals surface area contributed by atoms with Gasteiger partial charge in [0.05, 0.1) is 6.61 Å². The summed E-state index contributed by atoms with van der Waals surface area (Å²) in [4.78, 5) is 10.2. The van der Waals surface area contributed by atoms with Gasteiger partial charge < -0.3 is 27.5 Å². The monoisotopic (exact) mass is 180 g/mol. The van der Waals surface area contributed by atoms with Crippen LogP contribution in [0, 0.1) is 0 Å². The number of halogens is 1. The highest BCUT2D eigenvalue weighted by Gasteiger charge is 2.20. The Morgan fingerprint density at radius 1 is 1.75 bits per heavy atom. The lowest BCUT2D eigenvalue weighted by Gasteiger charge is -1.89. The van der Waals surface area contributed by atoms with Crippen LogP contribution in [0.3, 0.4) is 0 Å². The summed E-state index contributed by atoms with van der Waals surface area (Å²) in [5.41, 5.74) is 5.20. The Bertz CT molecular complexity index is 96.0. The summed E-state index contributed by atoms with van der Waals surface area (Å²) >= 11 is 0. The van der Waals surface area contributed by atoms with Gasteiger partial charge in [-0.3, -0.25) is 4.79 Å². The van der Waals surface area contributed by atoms with Crippen molar-refractivity contribution in [3.8, 4) is 0 Å². The highest BCUT2D eigenvalue weighted by atomic mass is 79.9. The second kappa shape index (κ2) is 3.04. The Labute approximate surface area is 58.0 Å². The fourth-order valence-electron chi connectivity index (χ4n) is 0.511. The summed E-state index contributed by atoms with van der Waals surface area (Å²) in [5.74, 6) is -0.264. The van der Waals surface area contributed by atoms with Gasteiger partial charge in [-0.25, -0.2) is 0 Å². The molecule has 0 spiro atoms. The van der Waals surface area contributed by atoms with Crippen LogP contribution in [0.15, 0.2) is 0 Å². The van der Waals surface area contributed by atoms with Gasteiger partial charge in [0.2, 0.25) is 0 Å². The van der Waals surface area contributed by atoms with Gasteiger partial charge in [0, 0.05) is 6.42 Å². The number of esters is 1. The zero-order valence-corrected chi connectivity index (χ0v) is 5.85. The van der Waals surface area contributed by atoms with Crippen LogP contribution < -0.4 is 22.7 Å². The van der Waals surface area contributed by atoms with Crippen molar-refractivity contribution < 1.29 is 26.5 Å². The van der Waals surface area contributed by atoms with E-state index >= 15 is 0 Å². The predicted molar refractivity (Wildman–Crippen MR) is 23.6 cm³/mol. The van der Waals surface area contributed by atoms with Crippen LogP contribution in [0.2, 0.25) is 0 Å². The Morgan fingerprint density at radius 2 is 2.38 bits per heavy atom. The van der Waals surface area contributed by atoms with Crippen molar-refractivity contribution in [3.63, 3.8) is 0 Å². The smallest absolute Gasteiger partial charge is 0.323 e. The van der Waals surface area contributed by atoms with E-state index in [0.29, 0.717) is 13.0 Å². The maximum Gasteiger partial charge on any atom is 0.323 e. The number of rotatable bonds is 0. The van der Waals surface area contributed by atoms with Crippen LogP contribution in [0.5, 0.6) is 0 Å². The Morgan fingerprint density at radius 3 is 2.50 bits per heavy atom. The van der Waals surface area contributed by atoms with Gasteiger partial charge >= 0.3 is 5.97 Å². The molecule has 1 aliphatic heterocycles. The minimum atomic E-state index is -0.347. The molecular weight excluding hydrogens is 174 g/mol. The van der Waals surface area contributed by atoms with E-state index in [4.69, 9.17) is 5.73 Å². The largest absolute Gasteiger partial charge is 1.00 e. The maximum atomic E-state index is 10.2. The van der Waals surface area contributed by atoms with Crippen molar-refractivity contribution in [2.24, 2.45) is 5.73 Å². The lowest BCUT2D eigenvalue weighted by atomic mass is 10.3. The number of carbonyl (C=O) groups is 1. The number of hydrogen-bond acceptors (Lipinski definition) is 3. The van der Waals surface area contributed by atoms with Crippen LogP contribution in [0.4, 0.5) is 0 Å². The highest BCUT2D eigenvalue weighted by Crippen LogP contribution is 2.00. The quantitative estimate of drug-likeness (QED) is 0.391. The molecular formula is C4H7BrNO2-. The molecule has 48 valence electrons. The Kier molecular flexibility index (Phi) is 3.01. The minimum Gasteiger partial charge on any atom is -1.00 e. The SMILES string of the molecule is NC1CCOC1=O.[Br-]. The third-order valence-electron chi connectivity index (χ3n) is 0.976. The van der Waals surface area contributed by atoms with Gasteiger partial charge in [-0.15, -0.1) is 0 Å². The predicted octanol–water partition coefficient (Wildman–Crippen LogP) is -3.74. The van der Waals surface area contributed by atoms with E-state index in [2.05, 4.69) is 4.74 Å². The summed E-state index contributed by atoms with van der Waals surface area (Å²) in [5, 5.41) is 0. The number of hydrogen-bond donors (Lipinski definition) is 1. The van der Waals surface area contributed by atoms with Crippen molar-refractivity contribution in [2.75, 3.05) is 6.61 Å². The fraction of sp³-hybridized carbons (Fsp3) is 0.750. The van der Waals surface area contributed by atoms with Crippen molar-refractivity contribution in [1.82, 2.24) is 0 Å². The number of carbonyl (C=O) groups excluding carboxylic acids is 1. The molecule has 2 N–H and O–H groups in total. The van der Waals surface area contributed by atoms with Crippen molar-refractivity contribution in [3.05, 3.63) is 0 Å². The summed E-state index contributed by atoms with van der Waals surface area (Å²) in [6.45, 7) is 0.500. The van der Waals surface area contributed by atoms with E-state index in [1.54, 1.807) is 0 Å². The molecule has 0 radical (unpaired) electrons. The third kappa shape index (κ3) is 1.45. The molecule has 1 aliphatic rings. The molecule has 3 nitrogen and oxygen atoms in total. The van der Waals surface area contributed by atoms with Crippen LogP contribution in [-0.2, 0) is 9.53 Å². The van der Waals surface area contributed by atoms with E-state index < -0.39 is 0 Å². The molecule has 0 bridgehead atoms. The molecule has 0 aromatic rings. The molecule has 0 aromatic heterocycles. The van der Waals surface area contributed by atoms with Gasteiger partial charge in [0.1, 0.15) is 6.04 Å². The fourth-order valence-corrected chi connectivity index (χ4v) is 0.511. The zero-order chi connectivity index (χ0) is 5.28. The third-order valence-corrected chi connectivity index (χ3v) is 0.976. The molecule has 1 unspecified atom stereocenters. The van der Waals surface area contributed by atoms with Gasteiger partial charge in [0.15, 0.2) is 0 Å². The molecule has 0 saturated carbocycles. The minimum absolute atomic E-state index is 0. The highest BCUT2D eigenvalue weighted by molar-refractivity contribution is 5.77. The van der Waals surface area contributed by atoms with Crippen molar-refractivity contribution in [2.45, 2.75) is 12.5 Å². The first-order valence-corrected chi connectivity index (χ1v) is 2.23. The Hall–Kier alpha value is -0.0900. The molecule has 1 atom stereocenters. The summed E-state index contributed by atoms with van der Waals surface area (Å²) < 4.78 is 4.50. The first-order chi connectivity index (χ1) is 3.30. The van der Waals surface area contributed by atoms with Crippen LogP contribution >= 0.6 is 0 Å². The molecule has 0 aromatic carbocycles. The van der Waals surface area contributed by atoms with E-state index in [0.717, 1.165) is 0 Å². The van der Waals surface area contributed by atoms with E-state index in [9.17, 15) is 4.79 Å². The first-order valence-electron chi connectivity index (χ1n) is 2.23. The number of ether oxygens (including phenoxy) is 1. The molecule has 4 heteroatoms. The summed E-state index contributed by atoms with van der Waals surface area (Å²) in [6.07, 6.45) is 0.679. The molecule has 1 fully saturated rings. The van der Waals surface area contributed by atoms with Gasteiger partial charge in [-0.1, -0.05) is 0 Å². The number of cyclic esters (lactones) is 1. The lowest BCUT2D eigenvalue weighted by molar-refractivity contribution is -0.139. The summed E-state index contributed by atoms with van der Waals surface area (Å²) in [6, 6.07) is -0.347. The lowest BCUT2D eigenvalue weighted by Crippen LogP contribution is -3.00. The average molecular weight is 181 g/mol. The van der Waals surface area contributed by atoms with Crippen molar-refractivity contribution in [1.29, 1.82) is 0 Å². The standard InChI is InChI=1S/C4H7NO2.BrH/c5-3-1-2-7-4(3)6;/h3H,1-2,5H2;1H/p-1. The number of nitrogens with two attached hydrogens (primary N) is 1. The molecule has 0 aliphatic carbocycles. The normalized spacial score (nSPS) is 26.6. The van der Waals surface area contributed by atoms with E-state index in [1.165, 1.54) is 0 Å². The van der Waals surface area contributed by atoms with Gasteiger partial charge in [0.25, 0.3) is 0 Å². The second-order valence-electron chi connectivity index (χ2n) is 1.56. The second-order valence-corrected chi connectivity index (χ2v) is 1.56. The molecule has 0 amide bonds. The maximum absolute atomic E-state index is 10.2. The van der Waals surface area contributed by atoms with Crippen LogP contribution in [0.1, 0.15) is 6.42 Å². The van der Waals surface area contributed by atoms with Crippen LogP contribution in [-0.4, -0.2) is 18.6 Å². The molecule has 1 heterocycles. The topological polar surface area (TPSA) is 52.3 Å². The first kappa shape index (κ1) is 7.91. The van der Waals surface area contributed by atoms with Crippen molar-refractivity contribution >= 4 is 5.97 Å². The van der Waals surface area contributed by atoms with Gasteiger partial charge in [-0.05, 0) is 0 Å². The Balaban J connectivity index is 0.000000490. The summed E-state index contributed by atoms with van der Waals surface area (Å²) in [7, 11) is 0. The van der Waals surface area contributed by atoms with E-state index in [1.807, 2.05) is 0 Å². The van der Waals surface area contributed by atoms with Crippen LogP contribution in [0.25, 0.3) is 0 Å². The van der Waals surface area contributed by atoms with E-state index in [-0.39, 0.29) is 29.0 Å². The zero-order valence-electron chi connectivity index (χ0n) is 4.26. The molecule has 8 heavy (non-hydrogen) atoms. The molecule has 1 saturated heterocycles. The molecule has 1 rings (SSSR count).